The van der Waals surface area contributed by atoms with E-state index in [0.717, 1.165) is 0 Å². The van der Waals surface area contributed by atoms with Crippen LogP contribution in [0.2, 0.25) is 0 Å². The summed E-state index contributed by atoms with van der Waals surface area (Å²) in [6.45, 7) is -0.345. The SMILES string of the molecule is [O]CC=C(Cl)Cl. The lowest BCUT2D eigenvalue weighted by atomic mass is 10.7. The van der Waals surface area contributed by atoms with E-state index in [9.17, 15) is 5.11 Å². The van der Waals surface area contributed by atoms with Crippen LogP contribution in [-0.4, -0.2) is 6.61 Å². The summed E-state index contributed by atoms with van der Waals surface area (Å²) in [4.78, 5) is 0. The first kappa shape index (κ1) is 6.28. The Morgan fingerprint density at radius 2 is 2.17 bits per heavy atom. The van der Waals surface area contributed by atoms with Crippen LogP contribution >= 0.6 is 23.2 Å². The van der Waals surface area contributed by atoms with Gasteiger partial charge in [-0.15, -0.1) is 0 Å². The van der Waals surface area contributed by atoms with E-state index < -0.39 is 0 Å². The highest BCUT2D eigenvalue weighted by molar-refractivity contribution is 6.55. The molecule has 1 radical (unpaired) electrons. The first-order valence-corrected chi connectivity index (χ1v) is 2.12. The molecule has 6 heavy (non-hydrogen) atoms. The van der Waals surface area contributed by atoms with E-state index in [4.69, 9.17) is 23.2 Å². The molecule has 0 amide bonds. The molecule has 0 unspecified atom stereocenters. The average molecular weight is 126 g/mol. The summed E-state index contributed by atoms with van der Waals surface area (Å²) in [5, 5.41) is 9.49. The van der Waals surface area contributed by atoms with E-state index in [-0.39, 0.29) is 11.1 Å². The van der Waals surface area contributed by atoms with Crippen molar-refractivity contribution in [1.29, 1.82) is 0 Å². The predicted octanol–water partition coefficient (Wildman–Crippen LogP) is 1.74. The van der Waals surface area contributed by atoms with Crippen molar-refractivity contribution in [3.8, 4) is 0 Å². The summed E-state index contributed by atoms with van der Waals surface area (Å²) in [5.74, 6) is 0. The standard InChI is InChI=1S/C3H3Cl2O/c4-3(5)1-2-6/h1H,2H2. The molecule has 0 saturated heterocycles. The summed E-state index contributed by atoms with van der Waals surface area (Å²) in [6.07, 6.45) is 1.18. The maximum atomic E-state index is 9.49. The third kappa shape index (κ3) is 4.28. The number of rotatable bonds is 1. The van der Waals surface area contributed by atoms with Crippen LogP contribution in [-0.2, 0) is 5.11 Å². The van der Waals surface area contributed by atoms with Gasteiger partial charge in [0.25, 0.3) is 0 Å². The van der Waals surface area contributed by atoms with Gasteiger partial charge in [-0.05, 0) is 6.08 Å². The zero-order valence-electron chi connectivity index (χ0n) is 2.95. The molecule has 0 fully saturated rings. The van der Waals surface area contributed by atoms with Crippen LogP contribution in [0, 0.1) is 0 Å². The highest BCUT2D eigenvalue weighted by Gasteiger charge is 1.76. The monoisotopic (exact) mass is 125 g/mol. The molecule has 35 valence electrons. The molecule has 0 aromatic rings. The second-order valence-electron chi connectivity index (χ2n) is 0.660. The van der Waals surface area contributed by atoms with Crippen LogP contribution in [0.1, 0.15) is 0 Å². The van der Waals surface area contributed by atoms with Crippen LogP contribution in [0.4, 0.5) is 0 Å². The van der Waals surface area contributed by atoms with Gasteiger partial charge in [-0.1, -0.05) is 23.2 Å². The molecule has 0 rings (SSSR count). The Bertz CT molecular complexity index is 55.8. The quantitative estimate of drug-likeness (QED) is 0.509. The third-order valence-electron chi connectivity index (χ3n) is 0.238. The molecule has 0 atom stereocenters. The molecule has 0 saturated carbocycles. The van der Waals surface area contributed by atoms with Crippen molar-refractivity contribution in [3.05, 3.63) is 10.6 Å². The lowest BCUT2D eigenvalue weighted by Gasteiger charge is -1.72. The number of hydrogen-bond acceptors (Lipinski definition) is 0. The van der Waals surface area contributed by atoms with Gasteiger partial charge in [0.1, 0.15) is 11.1 Å². The van der Waals surface area contributed by atoms with E-state index >= 15 is 0 Å². The smallest absolute Gasteiger partial charge is 0.105 e. The van der Waals surface area contributed by atoms with Crippen molar-refractivity contribution in [2.45, 2.75) is 0 Å². The summed E-state index contributed by atoms with van der Waals surface area (Å²) < 4.78 is 0.0463. The minimum absolute atomic E-state index is 0.0463. The molecule has 0 aliphatic carbocycles. The van der Waals surface area contributed by atoms with Crippen LogP contribution in [0.25, 0.3) is 0 Å². The Morgan fingerprint density at radius 3 is 2.17 bits per heavy atom. The number of halogens is 2. The zero-order valence-corrected chi connectivity index (χ0v) is 4.46. The van der Waals surface area contributed by atoms with Gasteiger partial charge in [-0.25, -0.2) is 5.11 Å². The van der Waals surface area contributed by atoms with Crippen molar-refractivity contribution in [3.63, 3.8) is 0 Å². The fourth-order valence-electron chi connectivity index (χ4n) is 0.0630. The van der Waals surface area contributed by atoms with E-state index in [2.05, 4.69) is 0 Å². The molecule has 0 spiro atoms. The number of hydrogen-bond donors (Lipinski definition) is 0. The highest BCUT2D eigenvalue weighted by atomic mass is 35.5. The summed E-state index contributed by atoms with van der Waals surface area (Å²) in [7, 11) is 0. The molecule has 0 aromatic heterocycles. The average Bonchev–Trinajstić information content (AvgIpc) is 1.35. The van der Waals surface area contributed by atoms with Gasteiger partial charge in [0.05, 0.1) is 0 Å². The fraction of sp³-hybridized carbons (Fsp3) is 0.333. The Balaban J connectivity index is 3.14. The van der Waals surface area contributed by atoms with Crippen LogP contribution in [0.5, 0.6) is 0 Å². The van der Waals surface area contributed by atoms with Crippen LogP contribution in [0.15, 0.2) is 10.6 Å². The van der Waals surface area contributed by atoms with Crippen molar-refractivity contribution >= 4 is 23.2 Å². The van der Waals surface area contributed by atoms with Gasteiger partial charge in [0.15, 0.2) is 0 Å². The second-order valence-corrected chi connectivity index (χ2v) is 1.67. The normalized spacial score (nSPS) is 7.83. The molecule has 0 heterocycles. The van der Waals surface area contributed by atoms with Gasteiger partial charge >= 0.3 is 0 Å². The molecule has 0 bridgehead atoms. The Hall–Kier alpha value is 0.280. The van der Waals surface area contributed by atoms with Crippen molar-refractivity contribution in [1.82, 2.24) is 0 Å². The van der Waals surface area contributed by atoms with Crippen molar-refractivity contribution in [2.24, 2.45) is 0 Å². The molecule has 0 aliphatic rings. The van der Waals surface area contributed by atoms with Gasteiger partial charge in [0, 0.05) is 0 Å². The second kappa shape index (κ2) is 3.47. The summed E-state index contributed by atoms with van der Waals surface area (Å²) in [6, 6.07) is 0. The summed E-state index contributed by atoms with van der Waals surface area (Å²) >= 11 is 10.0. The molecule has 0 aliphatic heterocycles. The van der Waals surface area contributed by atoms with Crippen LogP contribution in [0.3, 0.4) is 0 Å². The van der Waals surface area contributed by atoms with Crippen LogP contribution < -0.4 is 0 Å². The lowest BCUT2D eigenvalue weighted by Crippen LogP contribution is -1.64. The van der Waals surface area contributed by atoms with E-state index in [0.29, 0.717) is 0 Å². The van der Waals surface area contributed by atoms with E-state index in [1.54, 1.807) is 0 Å². The fourth-order valence-corrected chi connectivity index (χ4v) is 0.189. The molecular weight excluding hydrogens is 123 g/mol. The summed E-state index contributed by atoms with van der Waals surface area (Å²) in [5.41, 5.74) is 0. The minimum atomic E-state index is -0.345. The Labute approximate surface area is 46.2 Å². The van der Waals surface area contributed by atoms with Crippen molar-refractivity contribution in [2.75, 3.05) is 6.61 Å². The largest absolute Gasteiger partial charge is 0.232 e. The minimum Gasteiger partial charge on any atom is -0.232 e. The molecule has 3 heteroatoms. The molecule has 0 N–H and O–H groups in total. The van der Waals surface area contributed by atoms with E-state index in [1.165, 1.54) is 6.08 Å². The zero-order chi connectivity index (χ0) is 4.99. The molecule has 1 nitrogen and oxygen atoms in total. The maximum absolute atomic E-state index is 9.49. The first-order chi connectivity index (χ1) is 2.77. The van der Waals surface area contributed by atoms with Gasteiger partial charge < -0.3 is 0 Å². The van der Waals surface area contributed by atoms with Crippen molar-refractivity contribution < 1.29 is 5.11 Å². The highest BCUT2D eigenvalue weighted by Crippen LogP contribution is 2.03. The Morgan fingerprint density at radius 1 is 1.67 bits per heavy atom. The van der Waals surface area contributed by atoms with Gasteiger partial charge in [-0.3, -0.25) is 0 Å². The lowest BCUT2D eigenvalue weighted by molar-refractivity contribution is 0.232. The first-order valence-electron chi connectivity index (χ1n) is 1.36. The Kier molecular flexibility index (Phi) is 3.63. The van der Waals surface area contributed by atoms with Gasteiger partial charge in [-0.2, -0.15) is 0 Å². The maximum Gasteiger partial charge on any atom is 0.105 e. The molecular formula is C3H3Cl2O. The van der Waals surface area contributed by atoms with E-state index in [1.807, 2.05) is 0 Å². The van der Waals surface area contributed by atoms with Gasteiger partial charge in [0.2, 0.25) is 0 Å². The molecule has 0 aromatic carbocycles. The topological polar surface area (TPSA) is 19.9 Å². The predicted molar refractivity (Wildman–Crippen MR) is 25.3 cm³/mol. The third-order valence-corrected chi connectivity index (χ3v) is 0.546.